The Balaban J connectivity index is 2.31. The number of hydrogen-bond donors (Lipinski definition) is 1. The van der Waals surface area contributed by atoms with Crippen molar-refractivity contribution < 1.29 is 13.2 Å². The number of carbonyl (C=O) groups is 1. The predicted molar refractivity (Wildman–Crippen MR) is 79.0 cm³/mol. The number of hydrogen-bond acceptors (Lipinski definition) is 4. The van der Waals surface area contributed by atoms with Crippen LogP contribution in [-0.2, 0) is 16.6 Å². The van der Waals surface area contributed by atoms with E-state index in [9.17, 15) is 13.2 Å². The van der Waals surface area contributed by atoms with Crippen LogP contribution in [-0.4, -0.2) is 24.1 Å². The van der Waals surface area contributed by atoms with E-state index in [1.54, 1.807) is 0 Å². The van der Waals surface area contributed by atoms with Gasteiger partial charge in [-0.25, -0.2) is 13.1 Å². The van der Waals surface area contributed by atoms with Crippen LogP contribution in [0.4, 0.5) is 0 Å². The van der Waals surface area contributed by atoms with E-state index in [4.69, 9.17) is 23.2 Å². The van der Waals surface area contributed by atoms with Gasteiger partial charge in [0.25, 0.3) is 15.9 Å². The van der Waals surface area contributed by atoms with E-state index in [0.717, 1.165) is 0 Å². The third-order valence-electron chi connectivity index (χ3n) is 2.63. The molecule has 112 valence electrons. The molecule has 1 N–H and O–H groups in total. The van der Waals surface area contributed by atoms with Gasteiger partial charge in [-0.3, -0.25) is 9.48 Å². The zero-order valence-electron chi connectivity index (χ0n) is 10.9. The molecular formula is C12H11Cl2N3O3S. The molecule has 21 heavy (non-hydrogen) atoms. The first-order valence-electron chi connectivity index (χ1n) is 5.88. The average molecular weight is 348 g/mol. The van der Waals surface area contributed by atoms with Gasteiger partial charge in [0, 0.05) is 12.7 Å². The molecule has 0 fully saturated rings. The summed E-state index contributed by atoms with van der Waals surface area (Å²) >= 11 is 11.7. The topological polar surface area (TPSA) is 81.1 Å². The lowest BCUT2D eigenvalue weighted by molar-refractivity contribution is 0.0981. The lowest BCUT2D eigenvalue weighted by Crippen LogP contribution is -2.30. The average Bonchev–Trinajstić information content (AvgIpc) is 2.86. The van der Waals surface area contributed by atoms with Gasteiger partial charge in [0.1, 0.15) is 4.90 Å². The van der Waals surface area contributed by atoms with Crippen molar-refractivity contribution in [1.82, 2.24) is 14.5 Å². The number of aryl methyl sites for hydroxylation is 1. The Morgan fingerprint density at radius 2 is 1.95 bits per heavy atom. The van der Waals surface area contributed by atoms with E-state index in [2.05, 4.69) is 5.10 Å². The van der Waals surface area contributed by atoms with Crippen LogP contribution in [0.25, 0.3) is 0 Å². The molecule has 0 spiro atoms. The van der Waals surface area contributed by atoms with Gasteiger partial charge in [0.15, 0.2) is 0 Å². The summed E-state index contributed by atoms with van der Waals surface area (Å²) in [5.74, 6) is -0.800. The summed E-state index contributed by atoms with van der Waals surface area (Å²) in [4.78, 5) is 11.6. The van der Waals surface area contributed by atoms with Gasteiger partial charge in [0.2, 0.25) is 0 Å². The van der Waals surface area contributed by atoms with Gasteiger partial charge < -0.3 is 0 Å². The number of sulfonamides is 1. The summed E-state index contributed by atoms with van der Waals surface area (Å²) in [6.45, 7) is 2.41. The van der Waals surface area contributed by atoms with Crippen LogP contribution in [0.5, 0.6) is 0 Å². The maximum Gasteiger partial charge on any atom is 0.268 e. The van der Waals surface area contributed by atoms with Gasteiger partial charge in [-0.2, -0.15) is 5.10 Å². The second kappa shape index (κ2) is 6.05. The highest BCUT2D eigenvalue weighted by Crippen LogP contribution is 2.28. The SMILES string of the molecule is CCn1cc(C(=O)NS(=O)(=O)c2c(Cl)cccc2Cl)cn1. The van der Waals surface area contributed by atoms with Gasteiger partial charge in [-0.1, -0.05) is 29.3 Å². The molecule has 0 unspecified atom stereocenters. The second-order valence-corrected chi connectivity index (χ2v) is 6.50. The second-order valence-electron chi connectivity index (χ2n) is 4.07. The number of carbonyl (C=O) groups excluding carboxylic acids is 1. The third kappa shape index (κ3) is 3.37. The van der Waals surface area contributed by atoms with Crippen LogP contribution in [0.15, 0.2) is 35.5 Å². The fourth-order valence-electron chi connectivity index (χ4n) is 1.63. The number of halogens is 2. The highest BCUT2D eigenvalue weighted by molar-refractivity contribution is 7.90. The molecule has 2 aromatic rings. The molecule has 1 amide bonds. The molecule has 0 saturated carbocycles. The highest BCUT2D eigenvalue weighted by Gasteiger charge is 2.24. The van der Waals surface area contributed by atoms with E-state index >= 15 is 0 Å². The zero-order valence-corrected chi connectivity index (χ0v) is 13.2. The van der Waals surface area contributed by atoms with Crippen LogP contribution in [0.2, 0.25) is 10.0 Å². The molecule has 0 aliphatic rings. The van der Waals surface area contributed by atoms with Crippen LogP contribution >= 0.6 is 23.2 Å². The Bertz CT molecular complexity index is 767. The quantitative estimate of drug-likeness (QED) is 0.920. The van der Waals surface area contributed by atoms with Crippen molar-refractivity contribution in [1.29, 1.82) is 0 Å². The summed E-state index contributed by atoms with van der Waals surface area (Å²) in [7, 11) is -4.17. The number of nitrogens with one attached hydrogen (secondary N) is 1. The molecule has 0 saturated heterocycles. The smallest absolute Gasteiger partial charge is 0.268 e. The minimum atomic E-state index is -4.17. The largest absolute Gasteiger partial charge is 0.272 e. The summed E-state index contributed by atoms with van der Waals surface area (Å²) in [6.07, 6.45) is 2.72. The number of aromatic nitrogens is 2. The maximum absolute atomic E-state index is 12.2. The van der Waals surface area contributed by atoms with E-state index in [-0.39, 0.29) is 20.5 Å². The molecule has 0 bridgehead atoms. The molecule has 1 aromatic heterocycles. The fourth-order valence-corrected chi connectivity index (χ4v) is 3.75. The third-order valence-corrected chi connectivity index (χ3v) is 4.92. The first kappa shape index (κ1) is 15.8. The summed E-state index contributed by atoms with van der Waals surface area (Å²) in [5, 5.41) is 3.78. The lowest BCUT2D eigenvalue weighted by Gasteiger charge is -2.09. The molecule has 0 aliphatic carbocycles. The Morgan fingerprint density at radius 1 is 1.33 bits per heavy atom. The number of benzene rings is 1. The van der Waals surface area contributed by atoms with Crippen molar-refractivity contribution >= 4 is 39.1 Å². The molecule has 6 nitrogen and oxygen atoms in total. The first-order chi connectivity index (χ1) is 9.85. The standard InChI is InChI=1S/C12H11Cl2N3O3S/c1-2-17-7-8(6-15-17)12(18)16-21(19,20)11-9(13)4-3-5-10(11)14/h3-7H,2H2,1H3,(H,16,18). The van der Waals surface area contributed by atoms with E-state index < -0.39 is 15.9 Å². The minimum Gasteiger partial charge on any atom is -0.272 e. The normalized spacial score (nSPS) is 11.4. The summed E-state index contributed by atoms with van der Waals surface area (Å²) < 4.78 is 27.8. The van der Waals surface area contributed by atoms with Crippen LogP contribution in [0.3, 0.4) is 0 Å². The monoisotopic (exact) mass is 347 g/mol. The Hall–Kier alpha value is -1.57. The van der Waals surface area contributed by atoms with Gasteiger partial charge >= 0.3 is 0 Å². The Labute approximate surface area is 131 Å². The first-order valence-corrected chi connectivity index (χ1v) is 8.12. The number of rotatable bonds is 4. The van der Waals surface area contributed by atoms with E-state index in [0.29, 0.717) is 6.54 Å². The molecule has 9 heteroatoms. The molecule has 2 rings (SSSR count). The van der Waals surface area contributed by atoms with Gasteiger partial charge in [-0.05, 0) is 19.1 Å². The minimum absolute atomic E-state index is 0.0629. The van der Waals surface area contributed by atoms with Gasteiger partial charge in [0.05, 0.1) is 21.8 Å². The molecule has 0 radical (unpaired) electrons. The Morgan fingerprint density at radius 3 is 2.48 bits per heavy atom. The fraction of sp³-hybridized carbons (Fsp3) is 0.167. The molecule has 1 heterocycles. The van der Waals surface area contributed by atoms with Crippen LogP contribution in [0.1, 0.15) is 17.3 Å². The van der Waals surface area contributed by atoms with Crippen LogP contribution < -0.4 is 4.72 Å². The summed E-state index contributed by atoms with van der Waals surface area (Å²) in [6, 6.07) is 4.26. The molecule has 1 aromatic carbocycles. The predicted octanol–water partition coefficient (Wildman–Crippen LogP) is 2.33. The number of amides is 1. The van der Waals surface area contributed by atoms with Crippen molar-refractivity contribution in [2.24, 2.45) is 0 Å². The lowest BCUT2D eigenvalue weighted by atomic mass is 10.3. The molecule has 0 atom stereocenters. The molecular weight excluding hydrogens is 337 g/mol. The van der Waals surface area contributed by atoms with E-state index in [1.165, 1.54) is 35.3 Å². The maximum atomic E-state index is 12.2. The van der Waals surface area contributed by atoms with Crippen molar-refractivity contribution in [3.8, 4) is 0 Å². The zero-order chi connectivity index (χ0) is 15.6. The van der Waals surface area contributed by atoms with Crippen molar-refractivity contribution in [2.75, 3.05) is 0 Å². The van der Waals surface area contributed by atoms with E-state index in [1.807, 2.05) is 11.6 Å². The molecule has 0 aliphatic heterocycles. The van der Waals surface area contributed by atoms with Crippen molar-refractivity contribution in [2.45, 2.75) is 18.4 Å². The highest BCUT2D eigenvalue weighted by atomic mass is 35.5. The van der Waals surface area contributed by atoms with Gasteiger partial charge in [-0.15, -0.1) is 0 Å². The van der Waals surface area contributed by atoms with Crippen LogP contribution in [0, 0.1) is 0 Å². The number of nitrogens with zero attached hydrogens (tertiary/aromatic N) is 2. The van der Waals surface area contributed by atoms with Crippen molar-refractivity contribution in [3.63, 3.8) is 0 Å². The Kier molecular flexibility index (Phi) is 4.55. The van der Waals surface area contributed by atoms with Crippen molar-refractivity contribution in [3.05, 3.63) is 46.2 Å². The summed E-state index contributed by atoms with van der Waals surface area (Å²) in [5.41, 5.74) is 0.128.